The Kier molecular flexibility index (Phi) is 2.58. The third-order valence-electron chi connectivity index (χ3n) is 4.24. The van der Waals surface area contributed by atoms with E-state index in [1.807, 2.05) is 6.20 Å². The van der Waals surface area contributed by atoms with E-state index < -0.39 is 0 Å². The van der Waals surface area contributed by atoms with Gasteiger partial charge in [-0.3, -0.25) is 4.98 Å². The van der Waals surface area contributed by atoms with Crippen molar-refractivity contribution in [3.05, 3.63) is 23.5 Å². The number of pyridine rings is 1. The quantitative estimate of drug-likeness (QED) is 0.654. The Balaban J connectivity index is 2.01. The average Bonchev–Trinajstić information content (AvgIpc) is 3.02. The van der Waals surface area contributed by atoms with Crippen molar-refractivity contribution < 1.29 is 0 Å². The van der Waals surface area contributed by atoms with Gasteiger partial charge in [-0.25, -0.2) is 4.98 Å². The van der Waals surface area contributed by atoms with E-state index in [0.717, 1.165) is 16.9 Å². The molecule has 98 valence electrons. The first kappa shape index (κ1) is 11.4. The zero-order chi connectivity index (χ0) is 12.8. The molecule has 3 aromatic heterocycles. The number of aryl methyl sites for hydroxylation is 1. The third-order valence-corrected chi connectivity index (χ3v) is 5.15. The van der Waals surface area contributed by atoms with Crippen molar-refractivity contribution >= 4 is 32.6 Å². The van der Waals surface area contributed by atoms with E-state index >= 15 is 0 Å². The molecule has 0 spiro atoms. The molecule has 1 fully saturated rings. The second kappa shape index (κ2) is 4.30. The molecule has 0 aromatic carbocycles. The molecule has 0 saturated heterocycles. The Hall–Kier alpha value is -1.42. The summed E-state index contributed by atoms with van der Waals surface area (Å²) >= 11 is 1.78. The van der Waals surface area contributed by atoms with Crippen LogP contribution < -0.4 is 0 Å². The summed E-state index contributed by atoms with van der Waals surface area (Å²) in [4.78, 5) is 9.23. The van der Waals surface area contributed by atoms with Crippen molar-refractivity contribution in [2.75, 3.05) is 0 Å². The minimum Gasteiger partial charge on any atom is -0.324 e. The molecule has 0 radical (unpaired) electrons. The number of fused-ring (bicyclic) bond motifs is 3. The lowest BCUT2D eigenvalue weighted by molar-refractivity contribution is 0.355. The predicted molar refractivity (Wildman–Crippen MR) is 79.8 cm³/mol. The molecule has 0 aliphatic heterocycles. The van der Waals surface area contributed by atoms with Crippen LogP contribution in [0.1, 0.15) is 44.0 Å². The lowest BCUT2D eigenvalue weighted by Crippen LogP contribution is -2.14. The second-order valence-electron chi connectivity index (χ2n) is 5.45. The van der Waals surface area contributed by atoms with E-state index in [2.05, 4.69) is 27.9 Å². The van der Waals surface area contributed by atoms with Gasteiger partial charge in [0.25, 0.3) is 0 Å². The zero-order valence-corrected chi connectivity index (χ0v) is 11.9. The zero-order valence-electron chi connectivity index (χ0n) is 11.1. The topological polar surface area (TPSA) is 30.7 Å². The summed E-state index contributed by atoms with van der Waals surface area (Å²) in [5.41, 5.74) is 3.47. The van der Waals surface area contributed by atoms with Gasteiger partial charge in [-0.05, 0) is 31.2 Å². The van der Waals surface area contributed by atoms with Gasteiger partial charge in [0.15, 0.2) is 0 Å². The number of aromatic nitrogens is 3. The van der Waals surface area contributed by atoms with Crippen LogP contribution in [0.2, 0.25) is 0 Å². The first-order chi connectivity index (χ1) is 9.34. The maximum atomic E-state index is 4.73. The first-order valence-electron chi connectivity index (χ1n) is 7.05. The van der Waals surface area contributed by atoms with E-state index in [1.165, 1.54) is 42.3 Å². The molecule has 4 rings (SSSR count). The van der Waals surface area contributed by atoms with E-state index in [-0.39, 0.29) is 0 Å². The Bertz CT molecular complexity index is 734. The third kappa shape index (κ3) is 1.70. The van der Waals surface area contributed by atoms with Crippen molar-refractivity contribution in [3.63, 3.8) is 0 Å². The van der Waals surface area contributed by atoms with Gasteiger partial charge in [-0.1, -0.05) is 19.3 Å². The highest BCUT2D eigenvalue weighted by Crippen LogP contribution is 2.36. The van der Waals surface area contributed by atoms with Crippen LogP contribution in [-0.4, -0.2) is 14.5 Å². The fourth-order valence-corrected chi connectivity index (χ4v) is 4.27. The van der Waals surface area contributed by atoms with Crippen molar-refractivity contribution in [1.29, 1.82) is 0 Å². The van der Waals surface area contributed by atoms with Gasteiger partial charge in [0, 0.05) is 6.04 Å². The van der Waals surface area contributed by atoms with Crippen LogP contribution in [0.4, 0.5) is 0 Å². The van der Waals surface area contributed by atoms with E-state index in [1.54, 1.807) is 11.3 Å². The molecule has 19 heavy (non-hydrogen) atoms. The summed E-state index contributed by atoms with van der Waals surface area (Å²) in [5.74, 6) is 1.14. The van der Waals surface area contributed by atoms with Gasteiger partial charge in [0.2, 0.25) is 0 Å². The molecule has 3 heterocycles. The molecule has 0 amide bonds. The molecule has 1 aliphatic carbocycles. The Labute approximate surface area is 116 Å². The van der Waals surface area contributed by atoms with Crippen LogP contribution in [0.5, 0.6) is 0 Å². The Morgan fingerprint density at radius 1 is 1.21 bits per heavy atom. The fourth-order valence-electron chi connectivity index (χ4n) is 3.38. The fraction of sp³-hybridized carbons (Fsp3) is 0.467. The molecular formula is C15H17N3S. The summed E-state index contributed by atoms with van der Waals surface area (Å²) in [5, 5.41) is 2.13. The molecule has 0 atom stereocenters. The van der Waals surface area contributed by atoms with E-state index in [9.17, 15) is 0 Å². The van der Waals surface area contributed by atoms with E-state index in [4.69, 9.17) is 4.98 Å². The van der Waals surface area contributed by atoms with Gasteiger partial charge in [-0.15, -0.1) is 11.3 Å². The van der Waals surface area contributed by atoms with Crippen LogP contribution in [-0.2, 0) is 0 Å². The first-order valence-corrected chi connectivity index (χ1v) is 7.93. The summed E-state index contributed by atoms with van der Waals surface area (Å²) in [7, 11) is 0. The van der Waals surface area contributed by atoms with Crippen LogP contribution >= 0.6 is 11.3 Å². The van der Waals surface area contributed by atoms with Gasteiger partial charge in [0.05, 0.1) is 21.9 Å². The standard InChI is InChI=1S/C15H17N3S/c1-10-17-13-9-16-12-7-8-19-15(12)14(13)18(10)11-5-3-2-4-6-11/h7-9,11H,2-6H2,1H3. The van der Waals surface area contributed by atoms with Gasteiger partial charge < -0.3 is 4.57 Å². The SMILES string of the molecule is Cc1nc2cnc3ccsc3c2n1C1CCCCC1. The van der Waals surface area contributed by atoms with Gasteiger partial charge >= 0.3 is 0 Å². The van der Waals surface area contributed by atoms with Crippen molar-refractivity contribution in [1.82, 2.24) is 14.5 Å². The molecule has 1 aliphatic rings. The largest absolute Gasteiger partial charge is 0.324 e. The maximum Gasteiger partial charge on any atom is 0.109 e. The molecule has 0 unspecified atom stereocenters. The highest BCUT2D eigenvalue weighted by Gasteiger charge is 2.21. The molecule has 4 heteroatoms. The Morgan fingerprint density at radius 3 is 2.89 bits per heavy atom. The molecule has 1 saturated carbocycles. The van der Waals surface area contributed by atoms with E-state index in [0.29, 0.717) is 6.04 Å². The number of imidazole rings is 1. The second-order valence-corrected chi connectivity index (χ2v) is 6.36. The molecule has 3 aromatic rings. The van der Waals surface area contributed by atoms with Crippen LogP contribution in [0.3, 0.4) is 0 Å². The summed E-state index contributed by atoms with van der Waals surface area (Å²) < 4.78 is 3.78. The average molecular weight is 271 g/mol. The van der Waals surface area contributed by atoms with Crippen molar-refractivity contribution in [2.24, 2.45) is 0 Å². The Morgan fingerprint density at radius 2 is 2.05 bits per heavy atom. The maximum absolute atomic E-state index is 4.73. The molecule has 0 bridgehead atoms. The minimum absolute atomic E-state index is 0.631. The summed E-state index contributed by atoms with van der Waals surface area (Å²) in [6.45, 7) is 2.13. The van der Waals surface area contributed by atoms with Crippen LogP contribution in [0.15, 0.2) is 17.6 Å². The number of hydrogen-bond donors (Lipinski definition) is 0. The van der Waals surface area contributed by atoms with Crippen molar-refractivity contribution in [2.45, 2.75) is 45.1 Å². The summed E-state index contributed by atoms with van der Waals surface area (Å²) in [6, 6.07) is 2.74. The number of rotatable bonds is 1. The molecule has 3 nitrogen and oxygen atoms in total. The normalized spacial score (nSPS) is 17.5. The number of hydrogen-bond acceptors (Lipinski definition) is 3. The number of thiophene rings is 1. The predicted octanol–water partition coefficient (Wildman–Crippen LogP) is 4.46. The van der Waals surface area contributed by atoms with Crippen molar-refractivity contribution in [3.8, 4) is 0 Å². The molecule has 0 N–H and O–H groups in total. The van der Waals surface area contributed by atoms with Crippen LogP contribution in [0.25, 0.3) is 21.3 Å². The highest BCUT2D eigenvalue weighted by atomic mass is 32.1. The minimum atomic E-state index is 0.631. The lowest BCUT2D eigenvalue weighted by Gasteiger charge is -2.25. The highest BCUT2D eigenvalue weighted by molar-refractivity contribution is 7.18. The van der Waals surface area contributed by atoms with Gasteiger partial charge in [-0.2, -0.15) is 0 Å². The number of nitrogens with zero attached hydrogens (tertiary/aromatic N) is 3. The van der Waals surface area contributed by atoms with Gasteiger partial charge in [0.1, 0.15) is 11.3 Å². The smallest absolute Gasteiger partial charge is 0.109 e. The molecular weight excluding hydrogens is 254 g/mol. The monoisotopic (exact) mass is 271 g/mol. The lowest BCUT2D eigenvalue weighted by atomic mass is 9.95. The summed E-state index contributed by atoms with van der Waals surface area (Å²) in [6.07, 6.45) is 8.60. The van der Waals surface area contributed by atoms with Crippen LogP contribution in [0, 0.1) is 6.92 Å².